The van der Waals surface area contributed by atoms with E-state index in [4.69, 9.17) is 4.74 Å². The first-order valence-corrected chi connectivity index (χ1v) is 16.6. The lowest BCUT2D eigenvalue weighted by molar-refractivity contribution is 0.0977. The third kappa shape index (κ3) is 8.32. The molecule has 3 N–H and O–H groups in total. The van der Waals surface area contributed by atoms with Crippen molar-refractivity contribution in [1.82, 2.24) is 24.8 Å². The van der Waals surface area contributed by atoms with E-state index in [1.54, 1.807) is 24.4 Å². The smallest absolute Gasteiger partial charge is 0.281 e. The average molecular weight is 613 g/mol. The molecule has 2 aliphatic rings. The number of sulfonamides is 1. The quantitative estimate of drug-likeness (QED) is 0.229. The first-order chi connectivity index (χ1) is 20.6. The van der Waals surface area contributed by atoms with E-state index in [2.05, 4.69) is 34.6 Å². The maximum Gasteiger partial charge on any atom is 0.281 e. The van der Waals surface area contributed by atoms with E-state index in [-0.39, 0.29) is 10.6 Å². The molecule has 10 nitrogen and oxygen atoms in total. The summed E-state index contributed by atoms with van der Waals surface area (Å²) in [4.78, 5) is 16.9. The number of hydrogen-bond donors (Lipinski definition) is 3. The lowest BCUT2D eigenvalue weighted by atomic mass is 9.94. The summed E-state index contributed by atoms with van der Waals surface area (Å²) < 4.78 is 50.0. The van der Waals surface area contributed by atoms with Crippen LogP contribution >= 0.6 is 0 Å². The fourth-order valence-electron chi connectivity index (χ4n) is 5.98. The Kier molecular flexibility index (Phi) is 9.65. The SMILES string of the molecule is CC1(C)C[C@H](CCCNc2cccc(S(=O)(=O)NC(=O)c3ccc(-n4ccc(OCCC5CCCC5)n4)cc3F)n2)CN1. The van der Waals surface area contributed by atoms with Crippen molar-refractivity contribution in [3.8, 4) is 11.6 Å². The first-order valence-electron chi connectivity index (χ1n) is 15.1. The second-order valence-corrected chi connectivity index (χ2v) is 13.9. The van der Waals surface area contributed by atoms with Crippen molar-refractivity contribution in [2.45, 2.75) is 75.8 Å². The highest BCUT2D eigenvalue weighted by Gasteiger charge is 2.29. The largest absolute Gasteiger partial charge is 0.477 e. The maximum atomic E-state index is 15.0. The molecule has 43 heavy (non-hydrogen) atoms. The predicted octanol–water partition coefficient (Wildman–Crippen LogP) is 5.06. The molecule has 0 bridgehead atoms. The van der Waals surface area contributed by atoms with Gasteiger partial charge in [-0.05, 0) is 82.2 Å². The Morgan fingerprint density at radius 3 is 2.70 bits per heavy atom. The minimum absolute atomic E-state index is 0.171. The van der Waals surface area contributed by atoms with Gasteiger partial charge in [0.1, 0.15) is 11.6 Å². The second kappa shape index (κ2) is 13.4. The van der Waals surface area contributed by atoms with Crippen LogP contribution in [0.2, 0.25) is 0 Å². The molecule has 0 unspecified atom stereocenters. The van der Waals surface area contributed by atoms with Crippen LogP contribution in [-0.4, -0.2) is 54.3 Å². The van der Waals surface area contributed by atoms with Crippen molar-refractivity contribution in [1.29, 1.82) is 0 Å². The minimum Gasteiger partial charge on any atom is -0.477 e. The molecule has 3 aromatic rings. The molecule has 1 aromatic carbocycles. The summed E-state index contributed by atoms with van der Waals surface area (Å²) in [6.45, 7) is 6.62. The molecule has 3 heterocycles. The Morgan fingerprint density at radius 2 is 1.95 bits per heavy atom. The number of ether oxygens (including phenoxy) is 1. The summed E-state index contributed by atoms with van der Waals surface area (Å²) >= 11 is 0. The van der Waals surface area contributed by atoms with Crippen LogP contribution in [0.25, 0.3) is 5.69 Å². The summed E-state index contributed by atoms with van der Waals surface area (Å²) in [5.41, 5.74) is 0.132. The van der Waals surface area contributed by atoms with Gasteiger partial charge < -0.3 is 15.4 Å². The summed E-state index contributed by atoms with van der Waals surface area (Å²) in [7, 11) is -4.34. The van der Waals surface area contributed by atoms with Gasteiger partial charge in [0.05, 0.1) is 17.9 Å². The normalized spacial score (nSPS) is 18.5. The van der Waals surface area contributed by atoms with Gasteiger partial charge in [-0.25, -0.2) is 18.8 Å². The molecule has 2 fully saturated rings. The lowest BCUT2D eigenvalue weighted by Crippen LogP contribution is -2.32. The van der Waals surface area contributed by atoms with Crippen molar-refractivity contribution >= 4 is 21.7 Å². The van der Waals surface area contributed by atoms with Crippen LogP contribution in [-0.2, 0) is 10.0 Å². The third-order valence-electron chi connectivity index (χ3n) is 8.27. The summed E-state index contributed by atoms with van der Waals surface area (Å²) in [5.74, 6) is 0.172. The molecule has 1 atom stereocenters. The van der Waals surface area contributed by atoms with E-state index < -0.39 is 27.3 Å². The number of carbonyl (C=O) groups is 1. The number of rotatable bonds is 13. The van der Waals surface area contributed by atoms with Crippen LogP contribution in [0.4, 0.5) is 10.2 Å². The molecule has 1 aliphatic heterocycles. The number of carbonyl (C=O) groups excluding carboxylic acids is 1. The highest BCUT2D eigenvalue weighted by Crippen LogP contribution is 2.28. The van der Waals surface area contributed by atoms with Gasteiger partial charge in [0, 0.05) is 30.4 Å². The Hall–Kier alpha value is -3.51. The molecule has 232 valence electrons. The van der Waals surface area contributed by atoms with E-state index >= 15 is 0 Å². The Balaban J connectivity index is 1.14. The fourth-order valence-corrected chi connectivity index (χ4v) is 6.91. The van der Waals surface area contributed by atoms with E-state index in [9.17, 15) is 17.6 Å². The molecule has 2 aromatic heterocycles. The van der Waals surface area contributed by atoms with Crippen LogP contribution < -0.4 is 20.1 Å². The molecule has 1 saturated carbocycles. The fraction of sp³-hybridized carbons (Fsp3) is 0.516. The molecule has 0 radical (unpaired) electrons. The zero-order chi connectivity index (χ0) is 30.5. The number of anilines is 1. The summed E-state index contributed by atoms with van der Waals surface area (Å²) in [5, 5.41) is 10.7. The zero-order valence-corrected chi connectivity index (χ0v) is 25.6. The minimum atomic E-state index is -4.34. The lowest BCUT2D eigenvalue weighted by Gasteiger charge is -2.17. The van der Waals surface area contributed by atoms with Crippen molar-refractivity contribution in [2.75, 3.05) is 25.0 Å². The molecular formula is C31H41FN6O4S. The molecule has 1 amide bonds. The topological polar surface area (TPSA) is 127 Å². The highest BCUT2D eigenvalue weighted by atomic mass is 32.2. The molecule has 5 rings (SSSR count). The van der Waals surface area contributed by atoms with Crippen LogP contribution in [0.15, 0.2) is 53.7 Å². The highest BCUT2D eigenvalue weighted by molar-refractivity contribution is 7.90. The Morgan fingerprint density at radius 1 is 1.14 bits per heavy atom. The molecule has 1 aliphatic carbocycles. The molecule has 0 spiro atoms. The predicted molar refractivity (Wildman–Crippen MR) is 162 cm³/mol. The number of pyridine rings is 1. The van der Waals surface area contributed by atoms with Gasteiger partial charge in [0.2, 0.25) is 5.88 Å². The Bertz CT molecular complexity index is 1520. The van der Waals surface area contributed by atoms with Gasteiger partial charge in [-0.1, -0.05) is 31.7 Å². The van der Waals surface area contributed by atoms with Gasteiger partial charge >= 0.3 is 0 Å². The molecule has 12 heteroatoms. The van der Waals surface area contributed by atoms with E-state index in [0.29, 0.717) is 42.4 Å². The average Bonchev–Trinajstić information content (AvgIpc) is 3.73. The van der Waals surface area contributed by atoms with Crippen LogP contribution in [0.3, 0.4) is 0 Å². The summed E-state index contributed by atoms with van der Waals surface area (Å²) in [6.07, 6.45) is 10.8. The van der Waals surface area contributed by atoms with Crippen molar-refractivity contribution in [3.05, 3.63) is 60.0 Å². The molecular weight excluding hydrogens is 571 g/mol. The number of halogens is 1. The van der Waals surface area contributed by atoms with E-state index in [0.717, 1.165) is 38.3 Å². The van der Waals surface area contributed by atoms with Gasteiger partial charge in [-0.2, -0.15) is 8.42 Å². The number of aromatic nitrogens is 3. The first kappa shape index (κ1) is 30.9. The zero-order valence-electron chi connectivity index (χ0n) is 24.8. The number of nitrogens with zero attached hydrogens (tertiary/aromatic N) is 3. The standard InChI is InChI=1S/C31H41FN6O4S/c1-31(2)20-23(21-34-31)9-6-16-33-27-10-5-11-29(35-27)43(40,41)37-30(39)25-13-12-24(19-26(25)32)38-17-14-28(36-38)42-18-15-22-7-3-4-8-22/h5,10-14,17,19,22-23,34H,3-4,6-9,15-16,18,20-21H2,1-2H3,(H,33,35)(H,37,39)/t23-/m0/s1. The van der Waals surface area contributed by atoms with Crippen LogP contribution in [0, 0.1) is 17.7 Å². The number of hydrogen-bond acceptors (Lipinski definition) is 8. The Labute approximate surface area is 252 Å². The van der Waals surface area contributed by atoms with Crippen LogP contribution in [0.1, 0.15) is 75.6 Å². The van der Waals surface area contributed by atoms with E-state index in [1.807, 2.05) is 4.72 Å². The van der Waals surface area contributed by atoms with Crippen LogP contribution in [0.5, 0.6) is 5.88 Å². The van der Waals surface area contributed by atoms with Gasteiger partial charge in [0.25, 0.3) is 15.9 Å². The van der Waals surface area contributed by atoms with Gasteiger partial charge in [-0.3, -0.25) is 4.79 Å². The van der Waals surface area contributed by atoms with Crippen molar-refractivity contribution in [3.63, 3.8) is 0 Å². The van der Waals surface area contributed by atoms with Crippen molar-refractivity contribution in [2.24, 2.45) is 11.8 Å². The van der Waals surface area contributed by atoms with E-state index in [1.165, 1.54) is 48.6 Å². The number of benzene rings is 1. The van der Waals surface area contributed by atoms with Crippen molar-refractivity contribution < 1.29 is 22.3 Å². The summed E-state index contributed by atoms with van der Waals surface area (Å²) in [6, 6.07) is 10.0. The monoisotopic (exact) mass is 612 g/mol. The molecule has 1 saturated heterocycles. The number of amides is 1. The number of nitrogens with one attached hydrogen (secondary N) is 3. The second-order valence-electron chi connectivity index (χ2n) is 12.2. The maximum absolute atomic E-state index is 15.0. The third-order valence-corrected chi connectivity index (χ3v) is 9.50. The van der Waals surface area contributed by atoms with Gasteiger partial charge in [0.15, 0.2) is 5.03 Å². The van der Waals surface area contributed by atoms with Gasteiger partial charge in [-0.15, -0.1) is 5.10 Å².